The van der Waals surface area contributed by atoms with E-state index in [0.717, 1.165) is 27.7 Å². The first kappa shape index (κ1) is 24.9. The van der Waals surface area contributed by atoms with Gasteiger partial charge in [-0.15, -0.1) is 11.8 Å². The van der Waals surface area contributed by atoms with E-state index >= 15 is 4.39 Å². The first-order valence-corrected chi connectivity index (χ1v) is 13.8. The first-order chi connectivity index (χ1) is 19.5. The zero-order chi connectivity index (χ0) is 27.5. The van der Waals surface area contributed by atoms with Gasteiger partial charge in [-0.05, 0) is 28.3 Å². The molecule has 3 aliphatic rings. The Bertz CT molecular complexity index is 1730. The number of aromatic hydroxyl groups is 1. The van der Waals surface area contributed by atoms with Crippen LogP contribution in [0.3, 0.4) is 0 Å². The third-order valence-electron chi connectivity index (χ3n) is 7.75. The molecule has 0 spiro atoms. The average molecular weight is 560 g/mol. The molecule has 1 amide bonds. The van der Waals surface area contributed by atoms with Gasteiger partial charge in [0.1, 0.15) is 6.17 Å². The van der Waals surface area contributed by atoms with E-state index in [9.17, 15) is 19.1 Å². The maximum atomic E-state index is 15.5. The lowest BCUT2D eigenvalue weighted by Crippen LogP contribution is -2.66. The van der Waals surface area contributed by atoms with Crippen LogP contribution in [-0.2, 0) is 10.5 Å². The number of nitrogens with zero attached hydrogens (tertiary/aromatic N) is 3. The highest BCUT2D eigenvalue weighted by Crippen LogP contribution is 2.48. The highest BCUT2D eigenvalue weighted by atomic mass is 32.2. The van der Waals surface area contributed by atoms with Gasteiger partial charge in [0.15, 0.2) is 23.1 Å². The molecule has 1 saturated heterocycles. The molecule has 2 atom stereocenters. The van der Waals surface area contributed by atoms with Crippen LogP contribution in [0, 0.1) is 11.6 Å². The maximum Gasteiger partial charge on any atom is 0.278 e. The number of rotatable bonds is 2. The number of thioether (sulfide) groups is 1. The van der Waals surface area contributed by atoms with Crippen LogP contribution >= 0.6 is 11.8 Å². The summed E-state index contributed by atoms with van der Waals surface area (Å²) < 4.78 is 37.3. The van der Waals surface area contributed by atoms with E-state index in [2.05, 4.69) is 0 Å². The number of benzene rings is 3. The van der Waals surface area contributed by atoms with Gasteiger partial charge < -0.3 is 14.7 Å². The van der Waals surface area contributed by atoms with Gasteiger partial charge in [-0.25, -0.2) is 8.78 Å². The molecule has 3 aliphatic heterocycles. The Morgan fingerprint density at radius 2 is 1.77 bits per heavy atom. The van der Waals surface area contributed by atoms with Crippen molar-refractivity contribution in [2.75, 3.05) is 24.8 Å². The molecule has 0 aliphatic carbocycles. The van der Waals surface area contributed by atoms with Crippen molar-refractivity contribution >= 4 is 17.7 Å². The predicted molar refractivity (Wildman–Crippen MR) is 146 cm³/mol. The zero-order valence-corrected chi connectivity index (χ0v) is 21.9. The van der Waals surface area contributed by atoms with Crippen LogP contribution in [0.1, 0.15) is 33.2 Å². The van der Waals surface area contributed by atoms with E-state index in [4.69, 9.17) is 4.74 Å². The summed E-state index contributed by atoms with van der Waals surface area (Å²) in [6, 6.07) is 18.9. The largest absolute Gasteiger partial charge is 0.502 e. The maximum absolute atomic E-state index is 15.5. The summed E-state index contributed by atoms with van der Waals surface area (Å²) in [7, 11) is 0. The molecule has 0 unspecified atom stereocenters. The lowest BCUT2D eigenvalue weighted by atomic mass is 9.91. The summed E-state index contributed by atoms with van der Waals surface area (Å²) in [5.41, 5.74) is 2.63. The molecule has 0 radical (unpaired) electrons. The van der Waals surface area contributed by atoms with Crippen molar-refractivity contribution < 1.29 is 23.4 Å². The number of carbonyl (C=O) groups is 1. The Morgan fingerprint density at radius 1 is 0.950 bits per heavy atom. The van der Waals surface area contributed by atoms with E-state index in [1.54, 1.807) is 11.0 Å². The smallest absolute Gasteiger partial charge is 0.278 e. The summed E-state index contributed by atoms with van der Waals surface area (Å²) in [6.45, 7) is 0.680. The third kappa shape index (κ3) is 3.66. The van der Waals surface area contributed by atoms with Crippen LogP contribution in [-0.4, -0.2) is 46.5 Å². The number of hydrogen-bond acceptors (Lipinski definition) is 6. The predicted octanol–water partition coefficient (Wildman–Crippen LogP) is 4.64. The van der Waals surface area contributed by atoms with Gasteiger partial charge in [-0.2, -0.15) is 0 Å². The van der Waals surface area contributed by atoms with Gasteiger partial charge in [0, 0.05) is 35.0 Å². The number of hydrogen-bond donors (Lipinski definition) is 1. The van der Waals surface area contributed by atoms with Crippen molar-refractivity contribution in [3.63, 3.8) is 0 Å². The normalized spacial score (nSPS) is 19.8. The number of morpholine rings is 1. The fraction of sp³-hybridized carbons (Fsp3) is 0.200. The van der Waals surface area contributed by atoms with Crippen LogP contribution in [0.25, 0.3) is 11.1 Å². The number of amides is 1. The van der Waals surface area contributed by atoms with Crippen molar-refractivity contribution in [1.29, 1.82) is 0 Å². The molecular formula is C30H23F2N3O4S. The number of halogens is 2. The molecule has 10 heteroatoms. The molecule has 4 heterocycles. The van der Waals surface area contributed by atoms with Crippen molar-refractivity contribution in [3.8, 4) is 16.9 Å². The molecule has 3 aromatic carbocycles. The summed E-state index contributed by atoms with van der Waals surface area (Å²) in [4.78, 5) is 28.5. The quantitative estimate of drug-likeness (QED) is 0.386. The van der Waals surface area contributed by atoms with Crippen LogP contribution in [0.5, 0.6) is 5.75 Å². The van der Waals surface area contributed by atoms with Crippen LogP contribution in [0.4, 0.5) is 8.78 Å². The minimum Gasteiger partial charge on any atom is -0.502 e. The summed E-state index contributed by atoms with van der Waals surface area (Å²) in [6.07, 6.45) is 0.803. The lowest BCUT2D eigenvalue weighted by Gasteiger charge is -2.51. The standard InChI is InChI=1S/C30H23F2N3O4S/c31-22-10-9-19-21(25(22)32)16-40-29-18(17-5-2-1-3-6-17)7-4-8-20(29)26(19)35-24-15-39-14-13-33(24)30(38)27-28(37)23(36)11-12-34(27)35/h1-12,24,26,37H,13-16H2/t24-,26+/m0/s1. The Hall–Kier alpha value is -4.15. The minimum absolute atomic E-state index is 0.147. The third-order valence-corrected chi connectivity index (χ3v) is 8.93. The summed E-state index contributed by atoms with van der Waals surface area (Å²) in [5.74, 6) is -2.82. The highest BCUT2D eigenvalue weighted by Gasteiger charge is 2.46. The van der Waals surface area contributed by atoms with E-state index in [1.807, 2.05) is 53.5 Å². The second-order valence-electron chi connectivity index (χ2n) is 9.87. The molecule has 0 saturated carbocycles. The van der Waals surface area contributed by atoms with Crippen molar-refractivity contribution in [3.05, 3.63) is 117 Å². The van der Waals surface area contributed by atoms with Gasteiger partial charge in [0.2, 0.25) is 5.43 Å². The number of pyridine rings is 1. The Labute approximate surface area is 232 Å². The van der Waals surface area contributed by atoms with Gasteiger partial charge in [-0.3, -0.25) is 19.3 Å². The van der Waals surface area contributed by atoms with E-state index in [0.29, 0.717) is 12.2 Å². The number of ether oxygens (including phenoxy) is 1. The zero-order valence-electron chi connectivity index (χ0n) is 21.1. The van der Waals surface area contributed by atoms with E-state index in [1.165, 1.54) is 28.7 Å². The molecular weight excluding hydrogens is 536 g/mol. The van der Waals surface area contributed by atoms with Crippen molar-refractivity contribution in [2.24, 2.45) is 0 Å². The molecule has 4 aromatic rings. The Morgan fingerprint density at radius 3 is 2.60 bits per heavy atom. The summed E-state index contributed by atoms with van der Waals surface area (Å²) in [5, 5.41) is 12.6. The monoisotopic (exact) mass is 559 g/mol. The fourth-order valence-electron chi connectivity index (χ4n) is 5.92. The molecule has 7 rings (SSSR count). The van der Waals surface area contributed by atoms with Gasteiger partial charge in [0.25, 0.3) is 5.91 Å². The molecule has 0 bridgehead atoms. The molecule has 1 aromatic heterocycles. The minimum atomic E-state index is -0.939. The second-order valence-corrected chi connectivity index (χ2v) is 10.9. The van der Waals surface area contributed by atoms with Crippen LogP contribution in [0.15, 0.2) is 82.6 Å². The fourth-order valence-corrected chi connectivity index (χ4v) is 7.18. The van der Waals surface area contributed by atoms with Crippen molar-refractivity contribution in [1.82, 2.24) is 9.58 Å². The van der Waals surface area contributed by atoms with Gasteiger partial charge in [-0.1, -0.05) is 54.6 Å². The lowest BCUT2D eigenvalue weighted by molar-refractivity contribution is -0.0197. The molecule has 1 N–H and O–H groups in total. The van der Waals surface area contributed by atoms with E-state index in [-0.39, 0.29) is 30.2 Å². The average Bonchev–Trinajstić information content (AvgIpc) is 3.15. The van der Waals surface area contributed by atoms with Crippen LogP contribution in [0.2, 0.25) is 0 Å². The molecule has 1 fully saturated rings. The number of fused-ring (bicyclic) bond motifs is 4. The SMILES string of the molecule is O=C1c2c(O)c(=O)ccn2N([C@@H]2c3ccc(F)c(F)c3CSc3c(-c4ccccc4)cccc32)[C@H]2COCCN12. The highest BCUT2D eigenvalue weighted by molar-refractivity contribution is 7.98. The number of aromatic nitrogens is 1. The number of carbonyl (C=O) groups excluding carboxylic acids is 1. The second kappa shape index (κ2) is 9.50. The Balaban J connectivity index is 1.55. The van der Waals surface area contributed by atoms with Crippen molar-refractivity contribution in [2.45, 2.75) is 22.9 Å². The van der Waals surface area contributed by atoms with Crippen LogP contribution < -0.4 is 10.4 Å². The Kier molecular flexibility index (Phi) is 5.90. The topological polar surface area (TPSA) is 75.0 Å². The van der Waals surface area contributed by atoms with Gasteiger partial charge in [0.05, 0.1) is 19.3 Å². The van der Waals surface area contributed by atoms with Gasteiger partial charge >= 0.3 is 0 Å². The van der Waals surface area contributed by atoms with E-state index < -0.39 is 40.9 Å². The molecule has 7 nitrogen and oxygen atoms in total. The molecule has 40 heavy (non-hydrogen) atoms. The first-order valence-electron chi connectivity index (χ1n) is 12.9. The molecule has 202 valence electrons. The summed E-state index contributed by atoms with van der Waals surface area (Å²) >= 11 is 1.43.